The van der Waals surface area contributed by atoms with Crippen molar-refractivity contribution in [3.63, 3.8) is 0 Å². The van der Waals surface area contributed by atoms with E-state index < -0.39 is 36.7 Å². The van der Waals surface area contributed by atoms with E-state index in [0.29, 0.717) is 5.56 Å². The number of aliphatic hydroxyl groups excluding tert-OH is 4. The van der Waals surface area contributed by atoms with Gasteiger partial charge in [-0.2, -0.15) is 0 Å². The van der Waals surface area contributed by atoms with Gasteiger partial charge in [-0.3, -0.25) is 4.79 Å². The van der Waals surface area contributed by atoms with E-state index in [-0.39, 0.29) is 25.4 Å². The molecule has 2 aromatic rings. The predicted molar refractivity (Wildman–Crippen MR) is 101 cm³/mol. The van der Waals surface area contributed by atoms with E-state index in [1.54, 1.807) is 48.5 Å². The minimum atomic E-state index is -1.56. The molecule has 1 saturated heterocycles. The molecule has 0 amide bonds. The fourth-order valence-corrected chi connectivity index (χ4v) is 3.01. The molecule has 3 rings (SSSR count). The molecule has 8 heteroatoms. The number of ether oxygens (including phenoxy) is 3. The minimum Gasteiger partial charge on any atom is -0.463 e. The van der Waals surface area contributed by atoms with E-state index in [9.17, 15) is 25.2 Å². The molecule has 1 aliphatic heterocycles. The third-order valence-corrected chi connectivity index (χ3v) is 4.65. The normalized spacial score (nSPS) is 26.7. The number of benzene rings is 2. The van der Waals surface area contributed by atoms with Crippen LogP contribution in [0, 0.1) is 0 Å². The Morgan fingerprint density at radius 3 is 2.34 bits per heavy atom. The second kappa shape index (κ2) is 9.82. The minimum absolute atomic E-state index is 0.0542. The second-order valence-electron chi connectivity index (χ2n) is 6.74. The standard InChI is InChI=1S/C21H24O8/c22-11-14-8-4-5-9-15(14)28-21-20(26)19(25)18(24)16(29-21)12-27-17(23)10-13-6-2-1-3-7-13/h1-9,16,18-22,24-26H,10-12H2/t16-,18-,19+,20-,21+/m1/s1. The van der Waals surface area contributed by atoms with Crippen molar-refractivity contribution in [3.8, 4) is 5.75 Å². The molecule has 0 bridgehead atoms. The van der Waals surface area contributed by atoms with Gasteiger partial charge < -0.3 is 34.6 Å². The zero-order valence-electron chi connectivity index (χ0n) is 15.6. The molecule has 0 radical (unpaired) electrons. The summed E-state index contributed by atoms with van der Waals surface area (Å²) in [4.78, 5) is 12.0. The number of esters is 1. The van der Waals surface area contributed by atoms with Crippen molar-refractivity contribution >= 4 is 5.97 Å². The van der Waals surface area contributed by atoms with E-state index in [0.717, 1.165) is 5.56 Å². The Bertz CT molecular complexity index is 796. The molecule has 0 unspecified atom stereocenters. The molecule has 0 saturated carbocycles. The van der Waals surface area contributed by atoms with Gasteiger partial charge in [-0.05, 0) is 11.6 Å². The highest BCUT2D eigenvalue weighted by atomic mass is 16.7. The van der Waals surface area contributed by atoms with E-state index in [1.807, 2.05) is 6.07 Å². The molecule has 5 atom stereocenters. The number of aliphatic hydroxyl groups is 4. The second-order valence-corrected chi connectivity index (χ2v) is 6.74. The van der Waals surface area contributed by atoms with Gasteiger partial charge in [-0.25, -0.2) is 0 Å². The Balaban J connectivity index is 1.62. The van der Waals surface area contributed by atoms with Gasteiger partial charge in [0.25, 0.3) is 0 Å². The molecular weight excluding hydrogens is 380 g/mol. The summed E-state index contributed by atoms with van der Waals surface area (Å²) >= 11 is 0. The Labute approximate surface area is 167 Å². The molecule has 156 valence electrons. The van der Waals surface area contributed by atoms with E-state index in [2.05, 4.69) is 0 Å². The van der Waals surface area contributed by atoms with Crippen molar-refractivity contribution in [3.05, 3.63) is 65.7 Å². The number of carbonyl (C=O) groups excluding carboxylic acids is 1. The van der Waals surface area contributed by atoms with Gasteiger partial charge in [0.1, 0.15) is 36.8 Å². The van der Waals surface area contributed by atoms with Crippen LogP contribution in [-0.4, -0.2) is 63.7 Å². The maximum absolute atomic E-state index is 12.0. The topological polar surface area (TPSA) is 126 Å². The fourth-order valence-electron chi connectivity index (χ4n) is 3.01. The van der Waals surface area contributed by atoms with Crippen molar-refractivity contribution in [2.24, 2.45) is 0 Å². The summed E-state index contributed by atoms with van der Waals surface area (Å²) in [5.41, 5.74) is 1.25. The Morgan fingerprint density at radius 2 is 1.62 bits per heavy atom. The molecular formula is C21H24O8. The van der Waals surface area contributed by atoms with Gasteiger partial charge in [-0.15, -0.1) is 0 Å². The van der Waals surface area contributed by atoms with Gasteiger partial charge in [0.05, 0.1) is 13.0 Å². The lowest BCUT2D eigenvalue weighted by molar-refractivity contribution is -0.278. The molecule has 0 aliphatic carbocycles. The van der Waals surface area contributed by atoms with Crippen LogP contribution in [0.15, 0.2) is 54.6 Å². The van der Waals surface area contributed by atoms with E-state index in [1.165, 1.54) is 0 Å². The summed E-state index contributed by atoms with van der Waals surface area (Å²) in [5.74, 6) is -0.252. The summed E-state index contributed by atoms with van der Waals surface area (Å²) in [7, 11) is 0. The van der Waals surface area contributed by atoms with Crippen molar-refractivity contribution in [1.29, 1.82) is 0 Å². The molecule has 8 nitrogen and oxygen atoms in total. The van der Waals surface area contributed by atoms with Gasteiger partial charge in [0, 0.05) is 5.56 Å². The van der Waals surface area contributed by atoms with Crippen LogP contribution in [0.25, 0.3) is 0 Å². The molecule has 1 aliphatic rings. The van der Waals surface area contributed by atoms with E-state index in [4.69, 9.17) is 14.2 Å². The van der Waals surface area contributed by atoms with Crippen LogP contribution in [-0.2, 0) is 27.3 Å². The molecule has 0 aromatic heterocycles. The average Bonchev–Trinajstić information content (AvgIpc) is 2.74. The van der Waals surface area contributed by atoms with Gasteiger partial charge >= 0.3 is 5.97 Å². The van der Waals surface area contributed by atoms with Gasteiger partial charge in [0.2, 0.25) is 6.29 Å². The number of hydrogen-bond donors (Lipinski definition) is 4. The lowest BCUT2D eigenvalue weighted by atomic mass is 9.99. The SMILES string of the molecule is O=C(Cc1ccccc1)OC[C@H]1O[C@H](Oc2ccccc2CO)[C@H](O)[C@@H](O)[C@@H]1O. The van der Waals surface area contributed by atoms with Crippen molar-refractivity contribution in [2.45, 2.75) is 43.7 Å². The van der Waals surface area contributed by atoms with Crippen molar-refractivity contribution in [2.75, 3.05) is 6.61 Å². The molecule has 1 heterocycles. The highest BCUT2D eigenvalue weighted by Crippen LogP contribution is 2.26. The van der Waals surface area contributed by atoms with E-state index >= 15 is 0 Å². The molecule has 29 heavy (non-hydrogen) atoms. The third kappa shape index (κ3) is 5.31. The quantitative estimate of drug-likeness (QED) is 0.481. The first kappa shape index (κ1) is 21.2. The third-order valence-electron chi connectivity index (χ3n) is 4.65. The smallest absolute Gasteiger partial charge is 0.310 e. The molecule has 1 fully saturated rings. The zero-order valence-corrected chi connectivity index (χ0v) is 15.6. The summed E-state index contributed by atoms with van der Waals surface area (Å²) in [6.45, 7) is -0.608. The zero-order chi connectivity index (χ0) is 20.8. The maximum atomic E-state index is 12.0. The molecule has 0 spiro atoms. The lowest BCUT2D eigenvalue weighted by Crippen LogP contribution is -2.60. The highest BCUT2D eigenvalue weighted by Gasteiger charge is 2.45. The van der Waals surface area contributed by atoms with Crippen molar-refractivity contribution < 1.29 is 39.4 Å². The number of rotatable bonds is 7. The first-order valence-corrected chi connectivity index (χ1v) is 9.24. The highest BCUT2D eigenvalue weighted by molar-refractivity contribution is 5.72. The Morgan fingerprint density at radius 1 is 0.931 bits per heavy atom. The summed E-state index contributed by atoms with van der Waals surface area (Å²) in [6.07, 6.45) is -6.93. The summed E-state index contributed by atoms with van der Waals surface area (Å²) in [6, 6.07) is 15.6. The number of hydrogen-bond acceptors (Lipinski definition) is 8. The molecule has 4 N–H and O–H groups in total. The maximum Gasteiger partial charge on any atom is 0.310 e. The number of para-hydroxylation sites is 1. The van der Waals surface area contributed by atoms with Crippen LogP contribution in [0.5, 0.6) is 5.75 Å². The average molecular weight is 404 g/mol. The van der Waals surface area contributed by atoms with Crippen LogP contribution in [0.1, 0.15) is 11.1 Å². The first-order valence-electron chi connectivity index (χ1n) is 9.24. The van der Waals surface area contributed by atoms with Crippen molar-refractivity contribution in [1.82, 2.24) is 0 Å². The first-order chi connectivity index (χ1) is 14.0. The Kier molecular flexibility index (Phi) is 7.18. The van der Waals surface area contributed by atoms with Crippen LogP contribution in [0.3, 0.4) is 0 Å². The summed E-state index contributed by atoms with van der Waals surface area (Å²) < 4.78 is 16.3. The fraction of sp³-hybridized carbons (Fsp3) is 0.381. The van der Waals surface area contributed by atoms with Crippen LogP contribution < -0.4 is 4.74 Å². The summed E-state index contributed by atoms with van der Waals surface area (Å²) in [5, 5.41) is 39.9. The largest absolute Gasteiger partial charge is 0.463 e. The van der Waals surface area contributed by atoms with Gasteiger partial charge in [-0.1, -0.05) is 48.5 Å². The van der Waals surface area contributed by atoms with Crippen LogP contribution >= 0.6 is 0 Å². The number of carbonyl (C=O) groups is 1. The van der Waals surface area contributed by atoms with Crippen LogP contribution in [0.2, 0.25) is 0 Å². The molecule has 2 aromatic carbocycles. The van der Waals surface area contributed by atoms with Gasteiger partial charge in [0.15, 0.2) is 0 Å². The van der Waals surface area contributed by atoms with Crippen LogP contribution in [0.4, 0.5) is 0 Å². The lowest BCUT2D eigenvalue weighted by Gasteiger charge is -2.40. The predicted octanol–water partition coefficient (Wildman–Crippen LogP) is 0.151. The monoisotopic (exact) mass is 404 g/mol. The Hall–Kier alpha value is -2.49.